The summed E-state index contributed by atoms with van der Waals surface area (Å²) < 4.78 is 0. The number of urea groups is 1. The van der Waals surface area contributed by atoms with Gasteiger partial charge in [-0.05, 0) is 69.3 Å². The minimum atomic E-state index is -0.263. The van der Waals surface area contributed by atoms with Gasteiger partial charge < -0.3 is 10.6 Å². The van der Waals surface area contributed by atoms with Crippen LogP contribution in [0.2, 0.25) is 0 Å². The molecule has 0 radical (unpaired) electrons. The molecule has 2 aromatic heterocycles. The Morgan fingerprint density at radius 3 is 2.65 bits per heavy atom. The van der Waals surface area contributed by atoms with Crippen molar-refractivity contribution in [3.05, 3.63) is 66.4 Å². The van der Waals surface area contributed by atoms with Crippen LogP contribution >= 0.6 is 0 Å². The van der Waals surface area contributed by atoms with Crippen molar-refractivity contribution in [1.29, 1.82) is 0 Å². The number of hydrogen-bond acceptors (Lipinski definition) is 5. The molecule has 2 amide bonds. The quantitative estimate of drug-likeness (QED) is 0.623. The largest absolute Gasteiger partial charge is 0.396 e. The molecule has 1 aliphatic rings. The maximum Gasteiger partial charge on any atom is 0.328 e. The van der Waals surface area contributed by atoms with Gasteiger partial charge in [0.15, 0.2) is 5.82 Å². The summed E-state index contributed by atoms with van der Waals surface area (Å²) in [6.07, 6.45) is 4.60. The zero-order valence-corrected chi connectivity index (χ0v) is 18.0. The lowest BCUT2D eigenvalue weighted by molar-refractivity contribution is 0.249. The van der Waals surface area contributed by atoms with E-state index < -0.39 is 0 Å². The van der Waals surface area contributed by atoms with Gasteiger partial charge in [0.2, 0.25) is 0 Å². The van der Waals surface area contributed by atoms with Crippen LogP contribution in [0.25, 0.3) is 11.3 Å². The SMILES string of the molecule is CN(C)Cc1cccc(-c2ccc(N)c(N(C(=O)Nc3ccccn3)C3CCC3)n2)c1. The smallest absolute Gasteiger partial charge is 0.328 e. The molecule has 3 N–H and O–H groups in total. The van der Waals surface area contributed by atoms with Crippen LogP contribution in [0.5, 0.6) is 0 Å². The van der Waals surface area contributed by atoms with Gasteiger partial charge in [0.05, 0.1) is 11.4 Å². The van der Waals surface area contributed by atoms with Crippen molar-refractivity contribution < 1.29 is 4.79 Å². The van der Waals surface area contributed by atoms with Crippen LogP contribution in [0, 0.1) is 0 Å². The first-order valence-corrected chi connectivity index (χ1v) is 10.5. The monoisotopic (exact) mass is 416 g/mol. The number of nitrogens with two attached hydrogens (primary N) is 1. The molecule has 31 heavy (non-hydrogen) atoms. The first-order chi connectivity index (χ1) is 15.0. The van der Waals surface area contributed by atoms with E-state index in [0.717, 1.165) is 37.1 Å². The number of aromatic nitrogens is 2. The van der Waals surface area contributed by atoms with Crippen molar-refractivity contribution in [2.75, 3.05) is 30.0 Å². The summed E-state index contributed by atoms with van der Waals surface area (Å²) in [5, 5.41) is 2.88. The summed E-state index contributed by atoms with van der Waals surface area (Å²) >= 11 is 0. The van der Waals surface area contributed by atoms with E-state index in [-0.39, 0.29) is 12.1 Å². The first-order valence-electron chi connectivity index (χ1n) is 10.5. The van der Waals surface area contributed by atoms with E-state index in [9.17, 15) is 4.79 Å². The zero-order chi connectivity index (χ0) is 21.8. The second kappa shape index (κ2) is 9.14. The second-order valence-electron chi connectivity index (χ2n) is 8.15. The number of pyridine rings is 2. The van der Waals surface area contributed by atoms with Crippen molar-refractivity contribution in [2.45, 2.75) is 31.8 Å². The van der Waals surface area contributed by atoms with Gasteiger partial charge in [-0.3, -0.25) is 10.2 Å². The molecular formula is C24H28N6O. The van der Waals surface area contributed by atoms with Gasteiger partial charge in [0.1, 0.15) is 5.82 Å². The maximum atomic E-state index is 13.2. The molecule has 1 fully saturated rings. The average molecular weight is 417 g/mol. The van der Waals surface area contributed by atoms with Crippen LogP contribution in [0.3, 0.4) is 0 Å². The number of carbonyl (C=O) groups is 1. The molecule has 0 saturated heterocycles. The Balaban J connectivity index is 1.67. The van der Waals surface area contributed by atoms with E-state index >= 15 is 0 Å². The molecule has 0 unspecified atom stereocenters. The number of nitrogens with one attached hydrogen (secondary N) is 1. The van der Waals surface area contributed by atoms with Gasteiger partial charge in [0.25, 0.3) is 0 Å². The highest BCUT2D eigenvalue weighted by Gasteiger charge is 2.32. The van der Waals surface area contributed by atoms with Gasteiger partial charge in [-0.1, -0.05) is 24.3 Å². The summed E-state index contributed by atoms with van der Waals surface area (Å²) in [4.78, 5) is 26.1. The Morgan fingerprint density at radius 2 is 1.97 bits per heavy atom. The van der Waals surface area contributed by atoms with E-state index in [0.29, 0.717) is 17.3 Å². The second-order valence-corrected chi connectivity index (χ2v) is 8.15. The number of anilines is 3. The fourth-order valence-corrected chi connectivity index (χ4v) is 3.69. The van der Waals surface area contributed by atoms with Crippen LogP contribution < -0.4 is 16.0 Å². The normalized spacial score (nSPS) is 13.6. The number of hydrogen-bond donors (Lipinski definition) is 2. The molecule has 0 spiro atoms. The molecule has 0 bridgehead atoms. The third-order valence-electron chi connectivity index (χ3n) is 5.41. The van der Waals surface area contributed by atoms with Crippen molar-refractivity contribution in [2.24, 2.45) is 0 Å². The Morgan fingerprint density at radius 1 is 1.13 bits per heavy atom. The molecule has 7 heteroatoms. The minimum Gasteiger partial charge on any atom is -0.396 e. The van der Waals surface area contributed by atoms with Crippen LogP contribution in [-0.4, -0.2) is 41.0 Å². The summed E-state index contributed by atoms with van der Waals surface area (Å²) in [7, 11) is 4.09. The van der Waals surface area contributed by atoms with Crippen molar-refractivity contribution >= 4 is 23.4 Å². The fourth-order valence-electron chi connectivity index (χ4n) is 3.69. The van der Waals surface area contributed by atoms with Gasteiger partial charge in [-0.15, -0.1) is 0 Å². The maximum absolute atomic E-state index is 13.2. The third kappa shape index (κ3) is 4.83. The Hall–Kier alpha value is -3.45. The fraction of sp³-hybridized carbons (Fsp3) is 0.292. The standard InChI is InChI=1S/C24H28N6O/c1-29(2)16-17-7-5-8-18(15-17)21-13-12-20(25)23(27-21)30(19-9-6-10-19)24(31)28-22-11-3-4-14-26-22/h3-5,7-8,11-15,19H,6,9-10,16,25H2,1-2H3,(H,26,28,31). The van der Waals surface area contributed by atoms with E-state index in [1.54, 1.807) is 17.2 Å². The highest BCUT2D eigenvalue weighted by molar-refractivity contribution is 6.03. The highest BCUT2D eigenvalue weighted by Crippen LogP contribution is 2.34. The molecule has 1 saturated carbocycles. The van der Waals surface area contributed by atoms with Gasteiger partial charge in [-0.2, -0.15) is 0 Å². The molecule has 160 valence electrons. The number of amides is 2. The Kier molecular flexibility index (Phi) is 6.13. The minimum absolute atomic E-state index is 0.0776. The van der Waals surface area contributed by atoms with Crippen molar-refractivity contribution in [3.63, 3.8) is 0 Å². The average Bonchev–Trinajstić information content (AvgIpc) is 2.71. The summed E-state index contributed by atoms with van der Waals surface area (Å²) in [6.45, 7) is 0.844. The molecule has 7 nitrogen and oxygen atoms in total. The van der Waals surface area contributed by atoms with Gasteiger partial charge in [-0.25, -0.2) is 14.8 Å². The molecular weight excluding hydrogens is 388 g/mol. The summed E-state index contributed by atoms with van der Waals surface area (Å²) in [6, 6.07) is 17.3. The molecule has 1 aromatic carbocycles. The first kappa shape index (κ1) is 20.8. The number of nitrogen functional groups attached to an aromatic ring is 1. The summed E-state index contributed by atoms with van der Waals surface area (Å²) in [5.41, 5.74) is 9.78. The van der Waals surface area contributed by atoms with E-state index in [1.807, 2.05) is 50.5 Å². The van der Waals surface area contributed by atoms with Crippen LogP contribution in [-0.2, 0) is 6.54 Å². The lowest BCUT2D eigenvalue weighted by Gasteiger charge is -2.37. The van der Waals surface area contributed by atoms with E-state index in [2.05, 4.69) is 27.3 Å². The highest BCUT2D eigenvalue weighted by atomic mass is 16.2. The van der Waals surface area contributed by atoms with Crippen molar-refractivity contribution in [1.82, 2.24) is 14.9 Å². The van der Waals surface area contributed by atoms with Gasteiger partial charge >= 0.3 is 6.03 Å². The predicted molar refractivity (Wildman–Crippen MR) is 125 cm³/mol. The molecule has 4 rings (SSSR count). The van der Waals surface area contributed by atoms with Crippen LogP contribution in [0.4, 0.5) is 22.1 Å². The zero-order valence-electron chi connectivity index (χ0n) is 18.0. The molecule has 0 atom stereocenters. The lowest BCUT2D eigenvalue weighted by Crippen LogP contribution is -2.47. The topological polar surface area (TPSA) is 87.4 Å². The van der Waals surface area contributed by atoms with Crippen LogP contribution in [0.15, 0.2) is 60.8 Å². The number of rotatable bonds is 6. The molecule has 2 heterocycles. The number of carbonyl (C=O) groups excluding carboxylic acids is 1. The lowest BCUT2D eigenvalue weighted by atomic mass is 9.91. The molecule has 3 aromatic rings. The summed E-state index contributed by atoms with van der Waals surface area (Å²) in [5.74, 6) is 0.997. The van der Waals surface area contributed by atoms with Crippen LogP contribution in [0.1, 0.15) is 24.8 Å². The predicted octanol–water partition coefficient (Wildman–Crippen LogP) is 4.38. The number of nitrogens with zero attached hydrogens (tertiary/aromatic N) is 4. The van der Waals surface area contributed by atoms with Crippen molar-refractivity contribution in [3.8, 4) is 11.3 Å². The van der Waals surface area contributed by atoms with E-state index in [4.69, 9.17) is 10.7 Å². The Bertz CT molecular complexity index is 1050. The molecule has 1 aliphatic carbocycles. The molecule has 0 aliphatic heterocycles. The Labute approximate surface area is 182 Å². The van der Waals surface area contributed by atoms with E-state index in [1.165, 1.54) is 5.56 Å². The number of benzene rings is 1. The van der Waals surface area contributed by atoms with Gasteiger partial charge in [0, 0.05) is 24.3 Å². The third-order valence-corrected chi connectivity index (χ3v) is 5.41.